The van der Waals surface area contributed by atoms with Crippen molar-refractivity contribution in [3.8, 4) is 11.5 Å². The van der Waals surface area contributed by atoms with E-state index in [1.54, 1.807) is 6.08 Å². The van der Waals surface area contributed by atoms with Gasteiger partial charge in [-0.3, -0.25) is 33.8 Å². The van der Waals surface area contributed by atoms with Gasteiger partial charge in [-0.1, -0.05) is 23.3 Å². The Morgan fingerprint density at radius 3 is 2.45 bits per heavy atom. The van der Waals surface area contributed by atoms with Crippen LogP contribution in [0.25, 0.3) is 0 Å². The summed E-state index contributed by atoms with van der Waals surface area (Å²) in [6, 6.07) is 2.84. The second kappa shape index (κ2) is 8.86. The topological polar surface area (TPSA) is 142 Å². The summed E-state index contributed by atoms with van der Waals surface area (Å²) < 4.78 is 5.25. The van der Waals surface area contributed by atoms with Crippen molar-refractivity contribution in [3.05, 3.63) is 34.4 Å². The van der Waals surface area contributed by atoms with Gasteiger partial charge in [0.25, 0.3) is 11.8 Å². The molecule has 1 aromatic carbocycles. The number of carboxylic acids is 1. The Labute approximate surface area is 232 Å². The lowest BCUT2D eigenvalue weighted by Gasteiger charge is -2.50. The van der Waals surface area contributed by atoms with E-state index in [1.807, 2.05) is 0 Å². The molecule has 4 amide bonds. The first-order valence-electron chi connectivity index (χ1n) is 11.8. The second-order valence-corrected chi connectivity index (χ2v) is 11.7. The third kappa shape index (κ3) is 3.36. The predicted molar refractivity (Wildman–Crippen MR) is 134 cm³/mol. The Kier molecular flexibility index (Phi) is 6.24. The van der Waals surface area contributed by atoms with Gasteiger partial charge in [-0.25, -0.2) is 0 Å². The molecule has 2 aliphatic carbocycles. The summed E-state index contributed by atoms with van der Waals surface area (Å²) >= 11 is 20.4. The molecule has 1 aromatic rings. The van der Waals surface area contributed by atoms with Crippen molar-refractivity contribution in [2.24, 2.45) is 17.8 Å². The smallest absolute Gasteiger partial charge is 0.305 e. The molecule has 3 fully saturated rings. The number of rotatable bonds is 5. The average Bonchev–Trinajstić information content (AvgIpc) is 3.19. The van der Waals surface area contributed by atoms with Gasteiger partial charge in [0.1, 0.15) is 0 Å². The van der Waals surface area contributed by atoms with Crippen LogP contribution in [0.4, 0.5) is 0 Å². The summed E-state index contributed by atoms with van der Waals surface area (Å²) in [7, 11) is 2.59. The van der Waals surface area contributed by atoms with Crippen molar-refractivity contribution < 1.29 is 38.9 Å². The van der Waals surface area contributed by atoms with Gasteiger partial charge < -0.3 is 14.9 Å². The third-order valence-corrected chi connectivity index (χ3v) is 9.96. The SMILES string of the molecule is COc1cc(C2C3=CCC4C(=O)N(CCC(=O)O)C(=O)C4C3CC3(Cl)C(=O)N(C)C(=O)C23Cl)cc(Cl)c1O. The zero-order valence-electron chi connectivity index (χ0n) is 20.2. The number of halogens is 3. The normalized spacial score (nSPS) is 34.2. The Morgan fingerprint density at radius 2 is 1.82 bits per heavy atom. The van der Waals surface area contributed by atoms with Crippen molar-refractivity contribution in [1.29, 1.82) is 0 Å². The van der Waals surface area contributed by atoms with Crippen LogP contribution in [-0.2, 0) is 24.0 Å². The fraction of sp³-hybridized carbons (Fsp3) is 0.480. The number of carboxylic acid groups (broad SMARTS) is 1. The molecule has 0 radical (unpaired) electrons. The van der Waals surface area contributed by atoms with Crippen molar-refractivity contribution in [2.75, 3.05) is 20.7 Å². The third-order valence-electron chi connectivity index (χ3n) is 8.26. The molecule has 1 saturated carbocycles. The molecule has 0 bridgehead atoms. The number of ether oxygens (including phenoxy) is 1. The summed E-state index contributed by atoms with van der Waals surface area (Å²) in [4.78, 5) is 62.6. The first-order chi connectivity index (χ1) is 17.8. The number of nitrogens with zero attached hydrogens (tertiary/aromatic N) is 2. The fourth-order valence-corrected chi connectivity index (χ4v) is 7.77. The molecular weight excluding hydrogens is 563 g/mol. The quantitative estimate of drug-likeness (QED) is 0.305. The van der Waals surface area contributed by atoms with Crippen LogP contribution in [-0.4, -0.2) is 80.1 Å². The summed E-state index contributed by atoms with van der Waals surface area (Å²) in [5.41, 5.74) is 0.869. The number of hydrogen-bond acceptors (Lipinski definition) is 7. The number of imide groups is 2. The van der Waals surface area contributed by atoms with E-state index in [9.17, 15) is 29.1 Å². The van der Waals surface area contributed by atoms with Crippen LogP contribution in [0.15, 0.2) is 23.8 Å². The average molecular weight is 586 g/mol. The summed E-state index contributed by atoms with van der Waals surface area (Å²) in [6.07, 6.45) is 1.29. The number of aliphatic carboxylic acids is 1. The predicted octanol–water partition coefficient (Wildman–Crippen LogP) is 2.52. The monoisotopic (exact) mass is 584 g/mol. The minimum absolute atomic E-state index is 0.00134. The number of hydrogen-bond donors (Lipinski definition) is 2. The number of phenols is 1. The Hall–Kier alpha value is -2.82. The van der Waals surface area contributed by atoms with Crippen molar-refractivity contribution in [1.82, 2.24) is 9.80 Å². The molecule has 5 rings (SSSR count). The molecule has 2 saturated heterocycles. The maximum absolute atomic E-state index is 13.5. The Morgan fingerprint density at radius 1 is 1.13 bits per heavy atom. The number of alkyl halides is 2. The van der Waals surface area contributed by atoms with E-state index >= 15 is 0 Å². The Bertz CT molecular complexity index is 1350. The molecule has 0 aromatic heterocycles. The molecule has 4 aliphatic rings. The molecule has 38 heavy (non-hydrogen) atoms. The van der Waals surface area contributed by atoms with Crippen LogP contribution < -0.4 is 4.74 Å². The number of aromatic hydroxyl groups is 1. The van der Waals surface area contributed by atoms with Gasteiger partial charge in [0.15, 0.2) is 21.2 Å². The second-order valence-electron chi connectivity index (χ2n) is 10.0. The number of benzene rings is 1. The highest BCUT2D eigenvalue weighted by atomic mass is 35.5. The van der Waals surface area contributed by atoms with Crippen molar-refractivity contribution in [2.45, 2.75) is 34.9 Å². The van der Waals surface area contributed by atoms with Crippen LogP contribution in [0.5, 0.6) is 11.5 Å². The van der Waals surface area contributed by atoms with Crippen molar-refractivity contribution >= 4 is 64.4 Å². The number of likely N-dealkylation sites (tertiary alicyclic amines) is 2. The van der Waals surface area contributed by atoms with Crippen LogP contribution in [0.1, 0.15) is 30.7 Å². The van der Waals surface area contributed by atoms with E-state index in [4.69, 9.17) is 44.6 Å². The lowest BCUT2D eigenvalue weighted by atomic mass is 9.56. The van der Waals surface area contributed by atoms with E-state index in [0.29, 0.717) is 11.1 Å². The van der Waals surface area contributed by atoms with Crippen LogP contribution >= 0.6 is 34.8 Å². The number of methoxy groups -OCH3 is 1. The largest absolute Gasteiger partial charge is 0.503 e. The number of carbonyl (C=O) groups excluding carboxylic acids is 4. The highest BCUT2D eigenvalue weighted by Gasteiger charge is 2.75. The van der Waals surface area contributed by atoms with Gasteiger partial charge in [0.05, 0.1) is 30.4 Å². The highest BCUT2D eigenvalue weighted by Crippen LogP contribution is 2.65. The van der Waals surface area contributed by atoms with Gasteiger partial charge in [-0.15, -0.1) is 23.2 Å². The molecule has 2 N–H and O–H groups in total. The van der Waals surface area contributed by atoms with Crippen LogP contribution in [0.3, 0.4) is 0 Å². The van der Waals surface area contributed by atoms with Gasteiger partial charge in [-0.05, 0) is 36.5 Å². The lowest BCUT2D eigenvalue weighted by Crippen LogP contribution is -2.60. The number of carbonyl (C=O) groups is 5. The minimum Gasteiger partial charge on any atom is -0.503 e. The van der Waals surface area contributed by atoms with E-state index in [0.717, 1.165) is 9.80 Å². The van der Waals surface area contributed by atoms with Gasteiger partial charge >= 0.3 is 5.97 Å². The van der Waals surface area contributed by atoms with Gasteiger partial charge in [0.2, 0.25) is 11.8 Å². The fourth-order valence-electron chi connectivity index (χ4n) is 6.53. The molecule has 2 aliphatic heterocycles. The van der Waals surface area contributed by atoms with Gasteiger partial charge in [0, 0.05) is 19.5 Å². The minimum atomic E-state index is -2.00. The standard InChI is InChI=1S/C25H23Cl3N2O8/c1-29-22(36)24(27)9-13-11(3-4-12-17(13)21(35)30(20(12)34)6-5-16(31)32)18(25(24,28)23(29)37)10-7-14(26)19(33)15(8-10)38-2/h3,7-8,12-13,17-18,33H,4-6,9H2,1-2H3,(H,31,32). The summed E-state index contributed by atoms with van der Waals surface area (Å²) in [5.74, 6) is -7.49. The van der Waals surface area contributed by atoms with Crippen molar-refractivity contribution in [3.63, 3.8) is 0 Å². The van der Waals surface area contributed by atoms with Gasteiger partial charge in [-0.2, -0.15) is 0 Å². The zero-order valence-corrected chi connectivity index (χ0v) is 22.5. The molecule has 6 atom stereocenters. The molecule has 2 heterocycles. The first-order valence-corrected chi connectivity index (χ1v) is 13.0. The number of phenolic OH excluding ortho intramolecular Hbond substituents is 1. The molecule has 202 valence electrons. The summed E-state index contributed by atoms with van der Waals surface area (Å²) in [6.45, 7) is -0.276. The van der Waals surface area contributed by atoms with E-state index in [1.165, 1.54) is 26.3 Å². The number of allylic oxidation sites excluding steroid dienone is 2. The van der Waals surface area contributed by atoms with E-state index in [-0.39, 0.29) is 35.9 Å². The molecule has 6 unspecified atom stereocenters. The van der Waals surface area contributed by atoms with E-state index in [2.05, 4.69) is 0 Å². The molecule has 13 heteroatoms. The Balaban J connectivity index is 1.69. The summed E-state index contributed by atoms with van der Waals surface area (Å²) in [5, 5.41) is 19.3. The molecular formula is C25H23Cl3N2O8. The van der Waals surface area contributed by atoms with Crippen LogP contribution in [0.2, 0.25) is 5.02 Å². The maximum atomic E-state index is 13.5. The molecule has 0 spiro atoms. The number of fused-ring (bicyclic) bond motifs is 4. The first kappa shape index (κ1) is 26.8. The van der Waals surface area contributed by atoms with Crippen LogP contribution in [0, 0.1) is 17.8 Å². The highest BCUT2D eigenvalue weighted by molar-refractivity contribution is 6.53. The van der Waals surface area contributed by atoms with E-state index < -0.39 is 69.4 Å². The number of amides is 4. The zero-order chi connectivity index (χ0) is 27.9. The maximum Gasteiger partial charge on any atom is 0.305 e. The molecule has 10 nitrogen and oxygen atoms in total. The lowest BCUT2D eigenvalue weighted by molar-refractivity contribution is -0.143.